The summed E-state index contributed by atoms with van der Waals surface area (Å²) in [5.74, 6) is -0.993. The smallest absolute Gasteiger partial charge is 0.320 e. The molecule has 1 atom stereocenters. The fraction of sp³-hybridized carbons (Fsp3) is 0.182. The number of aromatic nitrogens is 1. The largest absolute Gasteiger partial charge is 0.480 e. The molecule has 0 radical (unpaired) electrons. The molecule has 6 heteroatoms. The zero-order valence-electron chi connectivity index (χ0n) is 8.71. The highest BCUT2D eigenvalue weighted by molar-refractivity contribution is 9.11. The minimum absolute atomic E-state index is 0.301. The van der Waals surface area contributed by atoms with Crippen LogP contribution in [0.3, 0.4) is 0 Å². The number of halogens is 2. The van der Waals surface area contributed by atoms with Gasteiger partial charge in [0.25, 0.3) is 0 Å². The molecule has 4 nitrogen and oxygen atoms in total. The molecular formula is C11H10Br2N2O2. The molecule has 0 saturated carbocycles. The first-order valence-corrected chi connectivity index (χ1v) is 6.51. The van der Waals surface area contributed by atoms with Crippen molar-refractivity contribution in [3.8, 4) is 0 Å². The summed E-state index contributed by atoms with van der Waals surface area (Å²) in [6.07, 6.45) is 2.10. The van der Waals surface area contributed by atoms with Gasteiger partial charge >= 0.3 is 5.97 Å². The van der Waals surface area contributed by atoms with Crippen LogP contribution in [0.5, 0.6) is 0 Å². The van der Waals surface area contributed by atoms with Crippen LogP contribution < -0.4 is 5.73 Å². The number of hydrogen-bond donors (Lipinski definition) is 3. The van der Waals surface area contributed by atoms with Gasteiger partial charge in [0.1, 0.15) is 6.04 Å². The fourth-order valence-electron chi connectivity index (χ4n) is 1.74. The number of rotatable bonds is 3. The predicted octanol–water partition coefficient (Wildman–Crippen LogP) is 2.65. The maximum atomic E-state index is 10.7. The number of aromatic amines is 1. The Labute approximate surface area is 114 Å². The number of benzene rings is 1. The zero-order valence-corrected chi connectivity index (χ0v) is 11.9. The normalized spacial score (nSPS) is 12.9. The number of H-pyrrole nitrogens is 1. The topological polar surface area (TPSA) is 79.1 Å². The van der Waals surface area contributed by atoms with Crippen LogP contribution in [0.4, 0.5) is 0 Å². The van der Waals surface area contributed by atoms with Gasteiger partial charge in [-0.15, -0.1) is 0 Å². The van der Waals surface area contributed by atoms with Gasteiger partial charge in [0.05, 0.1) is 0 Å². The van der Waals surface area contributed by atoms with Gasteiger partial charge < -0.3 is 15.8 Å². The SMILES string of the molecule is NC(Cc1c[nH]c2cc(Br)cc(Br)c12)C(=O)O. The molecule has 1 aromatic heterocycles. The third-order valence-corrected chi connectivity index (χ3v) is 3.62. The van der Waals surface area contributed by atoms with E-state index in [-0.39, 0.29) is 0 Å². The summed E-state index contributed by atoms with van der Waals surface area (Å²) in [7, 11) is 0. The lowest BCUT2D eigenvalue weighted by Crippen LogP contribution is -2.32. The van der Waals surface area contributed by atoms with Gasteiger partial charge in [0, 0.05) is 32.5 Å². The van der Waals surface area contributed by atoms with E-state index in [2.05, 4.69) is 36.8 Å². The lowest BCUT2D eigenvalue weighted by Gasteiger charge is -2.06. The minimum atomic E-state index is -0.993. The first kappa shape index (κ1) is 12.6. The number of aliphatic carboxylic acids is 1. The molecule has 2 rings (SSSR count). The molecule has 0 aliphatic heterocycles. The van der Waals surface area contributed by atoms with Crippen LogP contribution >= 0.6 is 31.9 Å². The zero-order chi connectivity index (χ0) is 12.6. The molecule has 4 N–H and O–H groups in total. The summed E-state index contributed by atoms with van der Waals surface area (Å²) in [4.78, 5) is 13.9. The summed E-state index contributed by atoms with van der Waals surface area (Å²) < 4.78 is 1.86. The highest BCUT2D eigenvalue weighted by atomic mass is 79.9. The lowest BCUT2D eigenvalue weighted by atomic mass is 10.1. The molecule has 1 aromatic carbocycles. The van der Waals surface area contributed by atoms with E-state index in [1.54, 1.807) is 6.20 Å². The monoisotopic (exact) mass is 360 g/mol. The molecule has 0 aliphatic rings. The van der Waals surface area contributed by atoms with Crippen molar-refractivity contribution in [1.82, 2.24) is 4.98 Å². The van der Waals surface area contributed by atoms with E-state index in [0.717, 1.165) is 25.4 Å². The molecule has 1 heterocycles. The Morgan fingerprint density at radius 2 is 2.18 bits per heavy atom. The second-order valence-corrected chi connectivity index (χ2v) is 5.54. The number of fused-ring (bicyclic) bond motifs is 1. The van der Waals surface area contributed by atoms with Crippen LogP contribution in [0.15, 0.2) is 27.3 Å². The van der Waals surface area contributed by atoms with Crippen LogP contribution in [0.1, 0.15) is 5.56 Å². The lowest BCUT2D eigenvalue weighted by molar-refractivity contribution is -0.138. The Morgan fingerprint density at radius 1 is 1.47 bits per heavy atom. The Hall–Kier alpha value is -0.850. The number of nitrogens with one attached hydrogen (secondary N) is 1. The van der Waals surface area contributed by atoms with Crippen molar-refractivity contribution in [3.63, 3.8) is 0 Å². The quantitative estimate of drug-likeness (QED) is 0.786. The maximum absolute atomic E-state index is 10.7. The van der Waals surface area contributed by atoms with Gasteiger partial charge in [0.2, 0.25) is 0 Å². The average Bonchev–Trinajstić information content (AvgIpc) is 2.60. The van der Waals surface area contributed by atoms with Crippen LogP contribution in [-0.4, -0.2) is 22.1 Å². The van der Waals surface area contributed by atoms with Crippen molar-refractivity contribution in [2.45, 2.75) is 12.5 Å². The third kappa shape index (κ3) is 2.53. The second kappa shape index (κ2) is 4.80. The average molecular weight is 362 g/mol. The van der Waals surface area contributed by atoms with Crippen molar-refractivity contribution in [3.05, 3.63) is 32.8 Å². The van der Waals surface area contributed by atoms with Crippen LogP contribution in [0.2, 0.25) is 0 Å². The first-order valence-electron chi connectivity index (χ1n) is 4.92. The minimum Gasteiger partial charge on any atom is -0.480 e. The Balaban J connectivity index is 2.46. The molecule has 0 bridgehead atoms. The van der Waals surface area contributed by atoms with E-state index in [1.165, 1.54) is 0 Å². The van der Waals surface area contributed by atoms with Crippen molar-refractivity contribution >= 4 is 48.7 Å². The van der Waals surface area contributed by atoms with E-state index >= 15 is 0 Å². The van der Waals surface area contributed by atoms with Crippen LogP contribution in [-0.2, 0) is 11.2 Å². The van der Waals surface area contributed by atoms with E-state index < -0.39 is 12.0 Å². The Bertz CT molecular complexity index is 580. The number of carbonyl (C=O) groups is 1. The second-order valence-electron chi connectivity index (χ2n) is 3.77. The van der Waals surface area contributed by atoms with Gasteiger partial charge in [-0.2, -0.15) is 0 Å². The summed E-state index contributed by atoms with van der Waals surface area (Å²) in [5.41, 5.74) is 7.38. The molecule has 2 aromatic rings. The van der Waals surface area contributed by atoms with Gasteiger partial charge in [-0.1, -0.05) is 31.9 Å². The van der Waals surface area contributed by atoms with Gasteiger partial charge in [-0.05, 0) is 17.7 Å². The Kier molecular flexibility index (Phi) is 3.56. The number of carboxylic acids is 1. The molecule has 90 valence electrons. The van der Waals surface area contributed by atoms with E-state index in [4.69, 9.17) is 10.8 Å². The van der Waals surface area contributed by atoms with Crippen molar-refractivity contribution in [2.24, 2.45) is 5.73 Å². The summed E-state index contributed by atoms with van der Waals surface area (Å²) >= 11 is 6.86. The number of nitrogens with two attached hydrogens (primary N) is 1. The molecule has 0 aliphatic carbocycles. The van der Waals surface area contributed by atoms with Crippen LogP contribution in [0, 0.1) is 0 Å². The van der Waals surface area contributed by atoms with Crippen molar-refractivity contribution in [1.29, 1.82) is 0 Å². The van der Waals surface area contributed by atoms with Gasteiger partial charge in [-0.25, -0.2) is 0 Å². The molecule has 0 fully saturated rings. The first-order chi connectivity index (χ1) is 7.99. The standard InChI is InChI=1S/C11H10Br2N2O2/c12-6-2-7(13)10-5(1-8(14)11(16)17)4-15-9(10)3-6/h2-4,8,15H,1,14H2,(H,16,17). The molecule has 0 saturated heterocycles. The number of carboxylic acid groups (broad SMARTS) is 1. The molecule has 0 amide bonds. The molecule has 17 heavy (non-hydrogen) atoms. The van der Waals surface area contributed by atoms with Crippen molar-refractivity contribution < 1.29 is 9.90 Å². The van der Waals surface area contributed by atoms with Gasteiger partial charge in [0.15, 0.2) is 0 Å². The van der Waals surface area contributed by atoms with Crippen LogP contribution in [0.25, 0.3) is 10.9 Å². The molecule has 0 spiro atoms. The van der Waals surface area contributed by atoms with E-state index in [9.17, 15) is 4.79 Å². The highest BCUT2D eigenvalue weighted by Gasteiger charge is 2.16. The van der Waals surface area contributed by atoms with E-state index in [0.29, 0.717) is 6.42 Å². The van der Waals surface area contributed by atoms with Gasteiger partial charge in [-0.3, -0.25) is 4.79 Å². The molecule has 1 unspecified atom stereocenters. The number of hydrogen-bond acceptors (Lipinski definition) is 2. The summed E-state index contributed by atoms with van der Waals surface area (Å²) in [5, 5.41) is 9.79. The molecular weight excluding hydrogens is 352 g/mol. The maximum Gasteiger partial charge on any atom is 0.320 e. The fourth-order valence-corrected chi connectivity index (χ4v) is 3.22. The summed E-state index contributed by atoms with van der Waals surface area (Å²) in [6, 6.07) is 2.98. The van der Waals surface area contributed by atoms with E-state index in [1.807, 2.05) is 12.1 Å². The third-order valence-electron chi connectivity index (χ3n) is 2.54. The highest BCUT2D eigenvalue weighted by Crippen LogP contribution is 2.31. The predicted molar refractivity (Wildman–Crippen MR) is 73.0 cm³/mol. The van der Waals surface area contributed by atoms with Crippen molar-refractivity contribution in [2.75, 3.05) is 0 Å². The summed E-state index contributed by atoms with van der Waals surface area (Å²) in [6.45, 7) is 0. The Morgan fingerprint density at radius 3 is 2.82 bits per heavy atom.